The number of carbonyl (C=O) groups excluding carboxylic acids is 1. The summed E-state index contributed by atoms with van der Waals surface area (Å²) in [6.45, 7) is 6.91. The number of piperazine rings is 1. The average molecular weight is 696 g/mol. The minimum Gasteiger partial charge on any atom is -0.444 e. The summed E-state index contributed by atoms with van der Waals surface area (Å²) in [6, 6.07) is 4.73. The Kier molecular flexibility index (Phi) is 9.88. The number of carbonyl (C=O) groups is 1. The molecule has 1 aliphatic rings. The van der Waals surface area contributed by atoms with Gasteiger partial charge in [-0.15, -0.1) is 13.2 Å². The number of amides is 1. The molecule has 0 bridgehead atoms. The van der Waals surface area contributed by atoms with Crippen LogP contribution in [0.15, 0.2) is 38.8 Å². The predicted molar refractivity (Wildman–Crippen MR) is 162 cm³/mol. The third-order valence-electron chi connectivity index (χ3n) is 6.98. The lowest BCUT2D eigenvalue weighted by atomic mass is 10.1. The summed E-state index contributed by atoms with van der Waals surface area (Å²) in [4.78, 5) is 44.6. The summed E-state index contributed by atoms with van der Waals surface area (Å²) in [6.07, 6.45) is -5.66. The molecule has 1 aliphatic heterocycles. The Hall–Kier alpha value is -3.27. The standard InChI is InChI=1S/C28H31Cl2F3N4O7S/c1-5-45(41,42)21-7-6-17(29)12-16(21)14-37-24(38)18-13-20(43-28(31,32)33)19(22(30)23(18)34-25(37)39)15-35-8-10-36(11-9-35)26(40)44-27(2,3)4/h6-7,12-13H,5,8-11,14-15H2,1-4H3,(H,34,39). The summed E-state index contributed by atoms with van der Waals surface area (Å²) in [5.74, 6) is -1.01. The first-order valence-corrected chi connectivity index (χ1v) is 16.2. The Morgan fingerprint density at radius 1 is 1.02 bits per heavy atom. The highest BCUT2D eigenvalue weighted by atomic mass is 35.5. The van der Waals surface area contributed by atoms with Crippen LogP contribution >= 0.6 is 23.2 Å². The van der Waals surface area contributed by atoms with Crippen molar-refractivity contribution in [2.24, 2.45) is 0 Å². The molecule has 0 radical (unpaired) electrons. The lowest BCUT2D eigenvalue weighted by Crippen LogP contribution is -2.49. The van der Waals surface area contributed by atoms with Gasteiger partial charge >= 0.3 is 18.1 Å². The normalized spacial score (nSPS) is 15.0. The maximum absolute atomic E-state index is 13.5. The molecule has 1 fully saturated rings. The van der Waals surface area contributed by atoms with Crippen LogP contribution in [0.4, 0.5) is 18.0 Å². The third kappa shape index (κ3) is 8.12. The van der Waals surface area contributed by atoms with Crippen molar-refractivity contribution in [3.63, 3.8) is 0 Å². The monoisotopic (exact) mass is 694 g/mol. The van der Waals surface area contributed by atoms with Gasteiger partial charge in [0.05, 0.1) is 33.1 Å². The van der Waals surface area contributed by atoms with Crippen LogP contribution in [-0.4, -0.2) is 77.8 Å². The second-order valence-corrected chi connectivity index (χ2v) is 14.4. The van der Waals surface area contributed by atoms with Crippen LogP contribution in [0, 0.1) is 0 Å². The van der Waals surface area contributed by atoms with Crippen molar-refractivity contribution >= 4 is 50.0 Å². The zero-order valence-electron chi connectivity index (χ0n) is 24.8. The van der Waals surface area contributed by atoms with Crippen molar-refractivity contribution in [1.82, 2.24) is 19.4 Å². The van der Waals surface area contributed by atoms with Crippen LogP contribution in [0.1, 0.15) is 38.8 Å². The van der Waals surface area contributed by atoms with Gasteiger partial charge in [0.2, 0.25) is 0 Å². The molecule has 0 unspecified atom stereocenters. The van der Waals surface area contributed by atoms with Crippen molar-refractivity contribution in [2.45, 2.75) is 57.6 Å². The van der Waals surface area contributed by atoms with E-state index in [-0.39, 0.29) is 75.4 Å². The van der Waals surface area contributed by atoms with Crippen LogP contribution < -0.4 is 16.0 Å². The molecule has 0 atom stereocenters. The first kappa shape index (κ1) is 34.6. The topological polar surface area (TPSA) is 131 Å². The smallest absolute Gasteiger partial charge is 0.444 e. The molecule has 0 spiro atoms. The van der Waals surface area contributed by atoms with E-state index in [9.17, 15) is 36.0 Å². The number of benzene rings is 2. The van der Waals surface area contributed by atoms with E-state index in [4.69, 9.17) is 27.9 Å². The molecule has 1 saturated heterocycles. The van der Waals surface area contributed by atoms with Gasteiger partial charge in [0.1, 0.15) is 11.4 Å². The molecular formula is C28H31Cl2F3N4O7S. The highest BCUT2D eigenvalue weighted by Crippen LogP contribution is 2.36. The molecule has 2 heterocycles. The van der Waals surface area contributed by atoms with Gasteiger partial charge in [0.15, 0.2) is 9.84 Å². The Bertz CT molecular complexity index is 1850. The number of hydrogen-bond donors (Lipinski definition) is 1. The summed E-state index contributed by atoms with van der Waals surface area (Å²) in [5, 5.41) is -0.579. The number of sulfone groups is 1. The van der Waals surface area contributed by atoms with Gasteiger partial charge in [-0.25, -0.2) is 18.0 Å². The molecule has 11 nitrogen and oxygen atoms in total. The lowest BCUT2D eigenvalue weighted by molar-refractivity contribution is -0.274. The molecule has 0 aliphatic carbocycles. The van der Waals surface area contributed by atoms with Crippen LogP contribution in [0.25, 0.3) is 10.9 Å². The van der Waals surface area contributed by atoms with Crippen LogP contribution in [0.2, 0.25) is 10.0 Å². The van der Waals surface area contributed by atoms with E-state index in [1.54, 1.807) is 25.7 Å². The van der Waals surface area contributed by atoms with Crippen molar-refractivity contribution < 1.29 is 35.9 Å². The van der Waals surface area contributed by atoms with E-state index in [1.165, 1.54) is 30.0 Å². The zero-order valence-corrected chi connectivity index (χ0v) is 27.1. The van der Waals surface area contributed by atoms with E-state index < -0.39 is 51.4 Å². The minimum atomic E-state index is -5.15. The van der Waals surface area contributed by atoms with E-state index in [0.717, 1.165) is 6.07 Å². The van der Waals surface area contributed by atoms with Crippen molar-refractivity contribution in [2.75, 3.05) is 31.9 Å². The van der Waals surface area contributed by atoms with Crippen molar-refractivity contribution in [3.8, 4) is 5.75 Å². The van der Waals surface area contributed by atoms with Gasteiger partial charge < -0.3 is 19.4 Å². The fourth-order valence-electron chi connectivity index (χ4n) is 4.82. The maximum atomic E-state index is 13.5. The number of H-pyrrole nitrogens is 1. The van der Waals surface area contributed by atoms with Crippen LogP contribution in [0.5, 0.6) is 5.75 Å². The Balaban J connectivity index is 1.74. The number of ether oxygens (including phenoxy) is 2. The predicted octanol–water partition coefficient (Wildman–Crippen LogP) is 4.79. The quantitative estimate of drug-likeness (QED) is 0.374. The van der Waals surface area contributed by atoms with E-state index in [0.29, 0.717) is 4.57 Å². The van der Waals surface area contributed by atoms with Gasteiger partial charge in [-0.3, -0.25) is 14.3 Å². The summed E-state index contributed by atoms with van der Waals surface area (Å²) >= 11 is 12.6. The highest BCUT2D eigenvalue weighted by Gasteiger charge is 2.34. The Morgan fingerprint density at radius 2 is 1.67 bits per heavy atom. The van der Waals surface area contributed by atoms with Crippen molar-refractivity contribution in [3.05, 3.63) is 66.3 Å². The number of fused-ring (bicyclic) bond motifs is 1. The third-order valence-corrected chi connectivity index (χ3v) is 9.46. The molecule has 1 amide bonds. The number of aromatic amines is 1. The van der Waals surface area contributed by atoms with E-state index in [1.807, 2.05) is 0 Å². The fraction of sp³-hybridized carbons (Fsp3) is 0.464. The largest absolute Gasteiger partial charge is 0.573 e. The Labute approximate surface area is 266 Å². The molecule has 45 heavy (non-hydrogen) atoms. The summed E-state index contributed by atoms with van der Waals surface area (Å²) < 4.78 is 76.2. The molecule has 4 rings (SSSR count). The van der Waals surface area contributed by atoms with Gasteiger partial charge in [0, 0.05) is 43.3 Å². The molecule has 2 aromatic carbocycles. The number of alkyl halides is 3. The fourth-order valence-corrected chi connectivity index (χ4v) is 6.42. The molecule has 3 aromatic rings. The summed E-state index contributed by atoms with van der Waals surface area (Å²) in [7, 11) is -3.79. The number of halogens is 5. The van der Waals surface area contributed by atoms with Crippen LogP contribution in [-0.2, 0) is 27.7 Å². The second kappa shape index (κ2) is 12.9. The molecule has 1 aromatic heterocycles. The van der Waals surface area contributed by atoms with Gasteiger partial charge in [-0.2, -0.15) is 0 Å². The average Bonchev–Trinajstić information content (AvgIpc) is 2.92. The van der Waals surface area contributed by atoms with E-state index >= 15 is 0 Å². The van der Waals surface area contributed by atoms with Crippen molar-refractivity contribution in [1.29, 1.82) is 0 Å². The number of nitrogens with one attached hydrogen (secondary N) is 1. The summed E-state index contributed by atoms with van der Waals surface area (Å²) in [5.41, 5.74) is -3.01. The zero-order chi connectivity index (χ0) is 33.5. The van der Waals surface area contributed by atoms with Crippen LogP contribution in [0.3, 0.4) is 0 Å². The number of nitrogens with zero attached hydrogens (tertiary/aromatic N) is 3. The molecular weight excluding hydrogens is 664 g/mol. The molecule has 246 valence electrons. The number of aromatic nitrogens is 2. The molecule has 0 saturated carbocycles. The SMILES string of the molecule is CCS(=O)(=O)c1ccc(Cl)cc1Cn1c(=O)[nH]c2c(Cl)c(CN3CCN(C(=O)OC(C)(C)C)CC3)c(OC(F)(F)F)cc2c1=O. The minimum absolute atomic E-state index is 0.0382. The maximum Gasteiger partial charge on any atom is 0.573 e. The van der Waals surface area contributed by atoms with E-state index in [2.05, 4.69) is 9.72 Å². The molecule has 1 N–H and O–H groups in total. The Morgan fingerprint density at radius 3 is 2.24 bits per heavy atom. The van der Waals surface area contributed by atoms with Gasteiger partial charge in [-0.05, 0) is 50.6 Å². The first-order valence-electron chi connectivity index (χ1n) is 13.7. The number of hydrogen-bond acceptors (Lipinski definition) is 8. The second-order valence-electron chi connectivity index (χ2n) is 11.4. The van der Waals surface area contributed by atoms with Gasteiger partial charge in [-0.1, -0.05) is 30.1 Å². The molecule has 17 heteroatoms. The number of rotatable bonds is 7. The van der Waals surface area contributed by atoms with Gasteiger partial charge in [0.25, 0.3) is 5.56 Å². The highest BCUT2D eigenvalue weighted by molar-refractivity contribution is 7.91. The lowest BCUT2D eigenvalue weighted by Gasteiger charge is -2.36. The first-order chi connectivity index (χ1) is 20.8.